The van der Waals surface area contributed by atoms with Crippen molar-refractivity contribution in [1.29, 1.82) is 0 Å². The molecule has 1 fully saturated rings. The molecule has 0 saturated carbocycles. The van der Waals surface area contributed by atoms with E-state index in [0.717, 1.165) is 22.8 Å². The van der Waals surface area contributed by atoms with Gasteiger partial charge in [0, 0.05) is 25.8 Å². The lowest BCUT2D eigenvalue weighted by Crippen LogP contribution is -2.49. The van der Waals surface area contributed by atoms with Crippen LogP contribution in [0.4, 0.5) is 13.2 Å². The van der Waals surface area contributed by atoms with Crippen LogP contribution in [-0.4, -0.2) is 34.0 Å². The summed E-state index contributed by atoms with van der Waals surface area (Å²) in [4.78, 5) is 17.0. The number of carbonyl (C=O) groups is 1. The van der Waals surface area contributed by atoms with Crippen LogP contribution in [0.1, 0.15) is 33.5 Å². The Bertz CT molecular complexity index is 899. The van der Waals surface area contributed by atoms with Gasteiger partial charge < -0.3 is 9.84 Å². The highest BCUT2D eigenvalue weighted by molar-refractivity contribution is 5.71. The topological polar surface area (TPSA) is 62.7 Å². The maximum Gasteiger partial charge on any atom is 0.416 e. The van der Waals surface area contributed by atoms with Crippen LogP contribution in [0, 0.1) is 26.7 Å². The number of carboxylic acids is 1. The predicted octanol–water partition coefficient (Wildman–Crippen LogP) is 4.12. The zero-order chi connectivity index (χ0) is 21.3. The Kier molecular flexibility index (Phi) is 5.84. The molecule has 0 amide bonds. The molecule has 0 unspecified atom stereocenters. The van der Waals surface area contributed by atoms with Crippen molar-refractivity contribution in [3.8, 4) is 5.75 Å². The standard InChI is InChI=1S/C21H23F3N2O3/c1-12-4-15(8-26-9-16(10-26)20(27)28)5-13(2)19(12)29-11-17-6-18(21(22,23)24)14(3)7-25-17/h4-7,16H,8-11H2,1-3H3,(H,27,28). The number of hydrogen-bond donors (Lipinski definition) is 1. The normalized spacial score (nSPS) is 15.2. The molecule has 0 radical (unpaired) electrons. The summed E-state index contributed by atoms with van der Waals surface area (Å²) in [6, 6.07) is 4.94. The number of aromatic nitrogens is 1. The van der Waals surface area contributed by atoms with Crippen LogP contribution in [-0.2, 0) is 24.1 Å². The van der Waals surface area contributed by atoms with E-state index in [1.807, 2.05) is 26.0 Å². The second-order valence-corrected chi connectivity index (χ2v) is 7.56. The van der Waals surface area contributed by atoms with Crippen LogP contribution < -0.4 is 4.74 Å². The zero-order valence-corrected chi connectivity index (χ0v) is 16.5. The number of aliphatic carboxylic acids is 1. The average molecular weight is 408 g/mol. The smallest absolute Gasteiger partial charge is 0.416 e. The molecule has 8 heteroatoms. The molecule has 156 valence electrons. The monoisotopic (exact) mass is 408 g/mol. The molecule has 1 aliphatic rings. The minimum atomic E-state index is -4.42. The van der Waals surface area contributed by atoms with Gasteiger partial charge in [-0.15, -0.1) is 0 Å². The molecule has 0 atom stereocenters. The Labute approximate surface area is 167 Å². The summed E-state index contributed by atoms with van der Waals surface area (Å²) in [7, 11) is 0. The van der Waals surface area contributed by atoms with E-state index in [1.54, 1.807) is 0 Å². The number of carboxylic acid groups (broad SMARTS) is 1. The number of likely N-dealkylation sites (tertiary alicyclic amines) is 1. The SMILES string of the molecule is Cc1cnc(COc2c(C)cc(CN3CC(C(=O)O)C3)cc2C)cc1C(F)(F)F. The van der Waals surface area contributed by atoms with Gasteiger partial charge in [0.15, 0.2) is 0 Å². The highest BCUT2D eigenvalue weighted by Gasteiger charge is 2.33. The van der Waals surface area contributed by atoms with Crippen LogP contribution >= 0.6 is 0 Å². The molecular formula is C21H23F3N2O3. The predicted molar refractivity (Wildman–Crippen MR) is 101 cm³/mol. The summed E-state index contributed by atoms with van der Waals surface area (Å²) < 4.78 is 45.0. The van der Waals surface area contributed by atoms with Gasteiger partial charge in [0.05, 0.1) is 17.2 Å². The van der Waals surface area contributed by atoms with E-state index in [0.29, 0.717) is 25.4 Å². The first kappa shape index (κ1) is 21.1. The first-order valence-electron chi connectivity index (χ1n) is 9.25. The molecule has 5 nitrogen and oxygen atoms in total. The van der Waals surface area contributed by atoms with Crippen molar-refractivity contribution in [3.05, 3.63) is 57.9 Å². The number of aryl methyl sites for hydroxylation is 3. The van der Waals surface area contributed by atoms with Gasteiger partial charge in [0.25, 0.3) is 0 Å². The van der Waals surface area contributed by atoms with Gasteiger partial charge >= 0.3 is 12.1 Å². The van der Waals surface area contributed by atoms with Crippen molar-refractivity contribution in [1.82, 2.24) is 9.88 Å². The molecule has 1 aliphatic heterocycles. The Hall–Kier alpha value is -2.61. The van der Waals surface area contributed by atoms with Crippen LogP contribution in [0.2, 0.25) is 0 Å². The van der Waals surface area contributed by atoms with Gasteiger partial charge in [-0.3, -0.25) is 14.7 Å². The van der Waals surface area contributed by atoms with Gasteiger partial charge in [-0.25, -0.2) is 0 Å². The van der Waals surface area contributed by atoms with Gasteiger partial charge in [-0.2, -0.15) is 13.2 Å². The van der Waals surface area contributed by atoms with Crippen molar-refractivity contribution in [2.24, 2.45) is 5.92 Å². The Morgan fingerprint density at radius 1 is 1.17 bits per heavy atom. The van der Waals surface area contributed by atoms with Crippen LogP contribution in [0.3, 0.4) is 0 Å². The minimum absolute atomic E-state index is 0.0587. The largest absolute Gasteiger partial charge is 0.487 e. The summed E-state index contributed by atoms with van der Waals surface area (Å²) in [6.07, 6.45) is -3.21. The summed E-state index contributed by atoms with van der Waals surface area (Å²) in [5.74, 6) is -0.448. The molecule has 0 spiro atoms. The van der Waals surface area contributed by atoms with Gasteiger partial charge in [-0.05, 0) is 49.1 Å². The van der Waals surface area contributed by atoms with E-state index >= 15 is 0 Å². The van der Waals surface area contributed by atoms with E-state index in [4.69, 9.17) is 9.84 Å². The van der Waals surface area contributed by atoms with Crippen LogP contribution in [0.15, 0.2) is 24.4 Å². The van der Waals surface area contributed by atoms with E-state index < -0.39 is 17.7 Å². The van der Waals surface area contributed by atoms with E-state index in [1.165, 1.54) is 13.1 Å². The number of alkyl halides is 3. The lowest BCUT2D eigenvalue weighted by molar-refractivity contribution is -0.147. The quantitative estimate of drug-likeness (QED) is 0.779. The lowest BCUT2D eigenvalue weighted by atomic mass is 9.98. The molecule has 1 saturated heterocycles. The van der Waals surface area contributed by atoms with Crippen molar-refractivity contribution < 1.29 is 27.8 Å². The Morgan fingerprint density at radius 3 is 2.34 bits per heavy atom. The second kappa shape index (κ2) is 8.02. The number of ether oxygens (including phenoxy) is 1. The maximum atomic E-state index is 13.1. The second-order valence-electron chi connectivity index (χ2n) is 7.56. The molecule has 0 aliphatic carbocycles. The molecule has 29 heavy (non-hydrogen) atoms. The maximum absolute atomic E-state index is 13.1. The summed E-state index contributed by atoms with van der Waals surface area (Å²) in [6.45, 7) is 6.80. The first-order valence-corrected chi connectivity index (χ1v) is 9.25. The molecule has 0 bridgehead atoms. The number of hydrogen-bond acceptors (Lipinski definition) is 4. The molecular weight excluding hydrogens is 385 g/mol. The third kappa shape index (κ3) is 4.87. The highest BCUT2D eigenvalue weighted by atomic mass is 19.4. The third-order valence-corrected chi connectivity index (χ3v) is 5.06. The molecule has 1 aromatic carbocycles. The first-order chi connectivity index (χ1) is 13.5. The minimum Gasteiger partial charge on any atom is -0.487 e. The summed E-state index contributed by atoms with van der Waals surface area (Å²) >= 11 is 0. The van der Waals surface area contributed by atoms with Crippen molar-refractivity contribution in [2.75, 3.05) is 13.1 Å². The van der Waals surface area contributed by atoms with E-state index in [2.05, 4.69) is 9.88 Å². The van der Waals surface area contributed by atoms with Crippen molar-refractivity contribution >= 4 is 5.97 Å². The molecule has 2 heterocycles. The molecule has 2 aromatic rings. The highest BCUT2D eigenvalue weighted by Crippen LogP contribution is 2.32. The Morgan fingerprint density at radius 2 is 1.79 bits per heavy atom. The number of nitrogens with zero attached hydrogens (tertiary/aromatic N) is 2. The number of pyridine rings is 1. The zero-order valence-electron chi connectivity index (χ0n) is 16.5. The molecule has 1 N–H and O–H groups in total. The fourth-order valence-corrected chi connectivity index (χ4v) is 3.57. The lowest BCUT2D eigenvalue weighted by Gasteiger charge is -2.36. The van der Waals surface area contributed by atoms with E-state index in [-0.39, 0.29) is 23.8 Å². The van der Waals surface area contributed by atoms with Crippen LogP contribution in [0.5, 0.6) is 5.75 Å². The number of benzene rings is 1. The number of halogens is 3. The van der Waals surface area contributed by atoms with E-state index in [9.17, 15) is 18.0 Å². The van der Waals surface area contributed by atoms with Crippen molar-refractivity contribution in [3.63, 3.8) is 0 Å². The fraction of sp³-hybridized carbons (Fsp3) is 0.429. The number of rotatable bonds is 6. The van der Waals surface area contributed by atoms with Gasteiger partial charge in [0.1, 0.15) is 12.4 Å². The molecule has 1 aromatic heterocycles. The molecule has 3 rings (SSSR count). The van der Waals surface area contributed by atoms with Crippen molar-refractivity contribution in [2.45, 2.75) is 40.1 Å². The Balaban J connectivity index is 1.67. The van der Waals surface area contributed by atoms with Gasteiger partial charge in [0.2, 0.25) is 0 Å². The average Bonchev–Trinajstić information content (AvgIpc) is 2.57. The summed E-state index contributed by atoms with van der Waals surface area (Å²) in [5, 5.41) is 8.96. The summed E-state index contributed by atoms with van der Waals surface area (Å²) in [5.41, 5.74) is 2.38. The fourth-order valence-electron chi connectivity index (χ4n) is 3.57. The van der Waals surface area contributed by atoms with Crippen LogP contribution in [0.25, 0.3) is 0 Å². The third-order valence-electron chi connectivity index (χ3n) is 5.06. The van der Waals surface area contributed by atoms with Gasteiger partial charge in [-0.1, -0.05) is 12.1 Å².